The number of ether oxygens (including phenoxy) is 1. The van der Waals surface area contributed by atoms with Gasteiger partial charge in [-0.15, -0.1) is 0 Å². The molecule has 4 N–H and O–H groups in total. The molecule has 0 aromatic rings. The van der Waals surface area contributed by atoms with Gasteiger partial charge in [-0.2, -0.15) is 0 Å². The van der Waals surface area contributed by atoms with Crippen molar-refractivity contribution in [3.8, 4) is 0 Å². The number of carboxylic acid groups (broad SMARTS) is 1. The molecule has 0 saturated heterocycles. The van der Waals surface area contributed by atoms with Crippen molar-refractivity contribution in [1.82, 2.24) is 5.32 Å². The molecule has 0 aliphatic heterocycles. The highest BCUT2D eigenvalue weighted by molar-refractivity contribution is 5.86. The summed E-state index contributed by atoms with van der Waals surface area (Å²) in [7, 11) is 0. The van der Waals surface area contributed by atoms with Crippen LogP contribution in [-0.2, 0) is 14.3 Å². The number of carbonyl (C=O) groups is 2. The maximum Gasteiger partial charge on any atom is 0.305 e. The van der Waals surface area contributed by atoms with E-state index >= 15 is 0 Å². The molecular formula is C11H22N2O4. The molecule has 0 spiro atoms. The molecule has 0 rings (SSSR count). The Bertz CT molecular complexity index is 256. The summed E-state index contributed by atoms with van der Waals surface area (Å²) in [5.74, 6) is -1.34. The van der Waals surface area contributed by atoms with Gasteiger partial charge in [-0.1, -0.05) is 13.8 Å². The van der Waals surface area contributed by atoms with E-state index in [2.05, 4.69) is 5.32 Å². The van der Waals surface area contributed by atoms with Crippen LogP contribution < -0.4 is 11.1 Å². The quantitative estimate of drug-likeness (QED) is 0.558. The van der Waals surface area contributed by atoms with Gasteiger partial charge in [0.05, 0.1) is 25.1 Å². The number of hydrogen-bond donors (Lipinski definition) is 3. The molecular weight excluding hydrogens is 224 g/mol. The molecule has 0 bridgehead atoms. The van der Waals surface area contributed by atoms with E-state index in [4.69, 9.17) is 15.6 Å². The number of carboxylic acids is 1. The first-order chi connectivity index (χ1) is 7.88. The molecule has 0 saturated carbocycles. The van der Waals surface area contributed by atoms with Crippen LogP contribution in [0.3, 0.4) is 0 Å². The topological polar surface area (TPSA) is 102 Å². The number of hydrogen-bond acceptors (Lipinski definition) is 4. The van der Waals surface area contributed by atoms with Crippen molar-refractivity contribution in [2.24, 2.45) is 11.7 Å². The van der Waals surface area contributed by atoms with Crippen LogP contribution in [0.4, 0.5) is 0 Å². The maximum atomic E-state index is 11.6. The van der Waals surface area contributed by atoms with Gasteiger partial charge in [0.2, 0.25) is 5.91 Å². The summed E-state index contributed by atoms with van der Waals surface area (Å²) in [6, 6.07) is -1.17. The fraction of sp³-hybridized carbons (Fsp3) is 0.818. The van der Waals surface area contributed by atoms with Gasteiger partial charge >= 0.3 is 5.97 Å². The van der Waals surface area contributed by atoms with Crippen molar-refractivity contribution in [3.05, 3.63) is 0 Å². The lowest BCUT2D eigenvalue weighted by Crippen LogP contribution is -2.49. The third-order valence-electron chi connectivity index (χ3n) is 2.37. The van der Waals surface area contributed by atoms with Gasteiger partial charge in [0.25, 0.3) is 0 Å². The Labute approximate surface area is 102 Å². The maximum absolute atomic E-state index is 11.6. The number of nitrogens with two attached hydrogens (primary N) is 1. The Balaban J connectivity index is 4.24. The van der Waals surface area contributed by atoms with E-state index in [0.717, 1.165) is 0 Å². The second-order valence-electron chi connectivity index (χ2n) is 4.22. The second-order valence-corrected chi connectivity index (χ2v) is 4.22. The zero-order valence-corrected chi connectivity index (χ0v) is 10.6. The lowest BCUT2D eigenvalue weighted by Gasteiger charge is -2.23. The summed E-state index contributed by atoms with van der Waals surface area (Å²) in [6.45, 7) is 6.74. The van der Waals surface area contributed by atoms with Crippen molar-refractivity contribution in [2.45, 2.75) is 39.3 Å². The first kappa shape index (κ1) is 15.9. The minimum Gasteiger partial charge on any atom is -0.481 e. The van der Waals surface area contributed by atoms with Crippen LogP contribution in [0.5, 0.6) is 0 Å². The fourth-order valence-corrected chi connectivity index (χ4v) is 1.22. The van der Waals surface area contributed by atoms with Gasteiger partial charge < -0.3 is 20.9 Å². The van der Waals surface area contributed by atoms with Crippen molar-refractivity contribution < 1.29 is 19.4 Å². The molecule has 100 valence electrons. The number of aliphatic carboxylic acids is 1. The molecule has 0 heterocycles. The van der Waals surface area contributed by atoms with Crippen LogP contribution in [0.25, 0.3) is 0 Å². The van der Waals surface area contributed by atoms with Gasteiger partial charge in [0.1, 0.15) is 0 Å². The second kappa shape index (κ2) is 8.03. The third kappa shape index (κ3) is 6.91. The number of rotatable bonds is 8. The van der Waals surface area contributed by atoms with Crippen LogP contribution >= 0.6 is 0 Å². The Kier molecular flexibility index (Phi) is 7.49. The number of nitrogens with one attached hydrogen (secondary N) is 1. The Morgan fingerprint density at radius 1 is 1.41 bits per heavy atom. The van der Waals surface area contributed by atoms with Gasteiger partial charge in [0.15, 0.2) is 0 Å². The van der Waals surface area contributed by atoms with Gasteiger partial charge in [0, 0.05) is 6.61 Å². The van der Waals surface area contributed by atoms with E-state index in [9.17, 15) is 9.59 Å². The van der Waals surface area contributed by atoms with Crippen LogP contribution in [0.1, 0.15) is 27.2 Å². The highest BCUT2D eigenvalue weighted by Crippen LogP contribution is 2.03. The molecule has 0 aliphatic carbocycles. The summed E-state index contributed by atoms with van der Waals surface area (Å²) in [5, 5.41) is 11.2. The first-order valence-corrected chi connectivity index (χ1v) is 5.74. The summed E-state index contributed by atoms with van der Waals surface area (Å²) < 4.78 is 5.25. The Morgan fingerprint density at radius 2 is 2.00 bits per heavy atom. The smallest absolute Gasteiger partial charge is 0.305 e. The minimum atomic E-state index is -1.08. The highest BCUT2D eigenvalue weighted by Gasteiger charge is 2.22. The molecule has 17 heavy (non-hydrogen) atoms. The zero-order valence-electron chi connectivity index (χ0n) is 10.6. The lowest BCUT2D eigenvalue weighted by atomic mass is 10.0. The molecule has 0 radical (unpaired) electrons. The van der Waals surface area contributed by atoms with E-state index in [1.165, 1.54) is 0 Å². The Morgan fingerprint density at radius 3 is 2.41 bits per heavy atom. The third-order valence-corrected chi connectivity index (χ3v) is 2.37. The van der Waals surface area contributed by atoms with Gasteiger partial charge in [-0.05, 0) is 12.8 Å². The molecule has 2 atom stereocenters. The Hall–Kier alpha value is -1.14. The van der Waals surface area contributed by atoms with Crippen molar-refractivity contribution in [1.29, 1.82) is 0 Å². The highest BCUT2D eigenvalue weighted by atomic mass is 16.5. The predicted molar refractivity (Wildman–Crippen MR) is 63.5 cm³/mol. The normalized spacial score (nSPS) is 14.4. The molecule has 0 aliphatic rings. The molecule has 6 heteroatoms. The largest absolute Gasteiger partial charge is 0.481 e. The molecule has 6 nitrogen and oxygen atoms in total. The van der Waals surface area contributed by atoms with E-state index in [-0.39, 0.29) is 18.4 Å². The molecule has 0 fully saturated rings. The van der Waals surface area contributed by atoms with E-state index < -0.39 is 17.9 Å². The standard InChI is InChI=1S/C11H22N2O4/c1-4-17-6-9(7(2)3)13-11(16)8(12)5-10(14)15/h7-9H,4-6,12H2,1-3H3,(H,13,16)(H,14,15). The summed E-state index contributed by atoms with van der Waals surface area (Å²) in [4.78, 5) is 22.0. The van der Waals surface area contributed by atoms with Gasteiger partial charge in [-0.3, -0.25) is 9.59 Å². The number of amides is 1. The minimum absolute atomic E-state index is 0.151. The summed E-state index contributed by atoms with van der Waals surface area (Å²) in [6.07, 6.45) is -0.370. The van der Waals surface area contributed by atoms with E-state index in [0.29, 0.717) is 13.2 Å². The van der Waals surface area contributed by atoms with E-state index in [1.807, 2.05) is 20.8 Å². The average molecular weight is 246 g/mol. The fourth-order valence-electron chi connectivity index (χ4n) is 1.22. The zero-order chi connectivity index (χ0) is 13.4. The van der Waals surface area contributed by atoms with Crippen LogP contribution in [0.15, 0.2) is 0 Å². The van der Waals surface area contributed by atoms with Gasteiger partial charge in [-0.25, -0.2) is 0 Å². The first-order valence-electron chi connectivity index (χ1n) is 5.74. The van der Waals surface area contributed by atoms with Crippen molar-refractivity contribution in [3.63, 3.8) is 0 Å². The van der Waals surface area contributed by atoms with Crippen LogP contribution in [0, 0.1) is 5.92 Å². The van der Waals surface area contributed by atoms with Crippen molar-refractivity contribution in [2.75, 3.05) is 13.2 Å². The van der Waals surface area contributed by atoms with Crippen LogP contribution in [0.2, 0.25) is 0 Å². The predicted octanol–water partition coefficient (Wildman–Crippen LogP) is -0.0343. The average Bonchev–Trinajstić information content (AvgIpc) is 2.22. The monoisotopic (exact) mass is 246 g/mol. The molecule has 0 aromatic heterocycles. The number of carbonyl (C=O) groups excluding carboxylic acids is 1. The summed E-state index contributed by atoms with van der Waals surface area (Å²) in [5.41, 5.74) is 5.46. The molecule has 2 unspecified atom stereocenters. The lowest BCUT2D eigenvalue weighted by molar-refractivity contribution is -0.139. The van der Waals surface area contributed by atoms with Crippen LogP contribution in [-0.4, -0.2) is 42.3 Å². The SMILES string of the molecule is CCOCC(NC(=O)C(N)CC(=O)O)C(C)C. The molecule has 0 aromatic carbocycles. The van der Waals surface area contributed by atoms with E-state index in [1.54, 1.807) is 0 Å². The summed E-state index contributed by atoms with van der Waals surface area (Å²) >= 11 is 0. The van der Waals surface area contributed by atoms with Crippen molar-refractivity contribution >= 4 is 11.9 Å². The molecule has 1 amide bonds.